The van der Waals surface area contributed by atoms with Gasteiger partial charge in [0.2, 0.25) is 0 Å². The molecule has 2 aromatic rings. The molecule has 4 rings (SSSR count). The van der Waals surface area contributed by atoms with Crippen molar-refractivity contribution in [2.24, 2.45) is 0 Å². The maximum Gasteiger partial charge on any atom is 0.339 e. The molecule has 0 N–H and O–H groups in total. The highest BCUT2D eigenvalue weighted by Crippen LogP contribution is 2.64. The van der Waals surface area contributed by atoms with Crippen molar-refractivity contribution in [2.75, 3.05) is 13.2 Å². The molecule has 6 nitrogen and oxygen atoms in total. The minimum atomic E-state index is -2.19. The van der Waals surface area contributed by atoms with Crippen molar-refractivity contribution >= 4 is 18.1 Å². The van der Waals surface area contributed by atoms with E-state index >= 15 is 0 Å². The fourth-order valence-corrected chi connectivity index (χ4v) is 4.81. The molecule has 2 aliphatic rings. The van der Waals surface area contributed by atoms with Crippen molar-refractivity contribution in [3.05, 3.63) is 36.7 Å². The summed E-state index contributed by atoms with van der Waals surface area (Å²) in [5.41, 5.74) is 0.925. The fourth-order valence-electron chi connectivity index (χ4n) is 1.93. The van der Waals surface area contributed by atoms with E-state index in [0.29, 0.717) is 19.2 Å². The molecule has 2 unspecified atom stereocenters. The highest BCUT2D eigenvalue weighted by Gasteiger charge is 2.53. The van der Waals surface area contributed by atoms with Gasteiger partial charge in [-0.3, -0.25) is 0 Å². The predicted octanol–water partition coefficient (Wildman–Crippen LogP) is 1.75. The summed E-state index contributed by atoms with van der Waals surface area (Å²) in [7, 11) is 0. The van der Waals surface area contributed by atoms with Gasteiger partial charge < -0.3 is 14.0 Å². The van der Waals surface area contributed by atoms with Crippen LogP contribution in [-0.4, -0.2) is 39.7 Å². The highest BCUT2D eigenvalue weighted by molar-refractivity contribution is 8.13. The molecule has 8 heteroatoms. The number of hydrogen-bond acceptors (Lipinski definition) is 6. The Morgan fingerprint density at radius 2 is 1.85 bits per heavy atom. The zero-order chi connectivity index (χ0) is 13.6. The lowest BCUT2D eigenvalue weighted by atomic mass is 10.3. The summed E-state index contributed by atoms with van der Waals surface area (Å²) in [6.07, 6.45) is -0.574. The van der Waals surface area contributed by atoms with E-state index in [2.05, 4.69) is 10.1 Å². The number of hydrogen-bond donors (Lipinski definition) is 0. The number of aromatic nitrogens is 3. The van der Waals surface area contributed by atoms with Gasteiger partial charge >= 0.3 is 6.01 Å². The van der Waals surface area contributed by atoms with Crippen LogP contribution in [0, 0.1) is 0 Å². The second-order valence-electron chi connectivity index (χ2n) is 4.62. The van der Waals surface area contributed by atoms with E-state index in [0.717, 1.165) is 5.69 Å². The SMILES string of the molecule is S=P(Oc1ncn(-c2ccccc2)n1)(C1CO1)C1CO1. The molecule has 104 valence electrons. The van der Waals surface area contributed by atoms with Gasteiger partial charge in [0, 0.05) is 0 Å². The van der Waals surface area contributed by atoms with Crippen LogP contribution < -0.4 is 4.52 Å². The van der Waals surface area contributed by atoms with E-state index in [1.807, 2.05) is 30.3 Å². The summed E-state index contributed by atoms with van der Waals surface area (Å²) in [5.74, 6) is -0.0117. The van der Waals surface area contributed by atoms with Crippen molar-refractivity contribution in [3.63, 3.8) is 0 Å². The van der Waals surface area contributed by atoms with Gasteiger partial charge in [0.15, 0.2) is 6.26 Å². The van der Waals surface area contributed by atoms with E-state index in [1.54, 1.807) is 11.0 Å². The number of para-hydroxylation sites is 1. The maximum atomic E-state index is 5.88. The second kappa shape index (κ2) is 4.63. The van der Waals surface area contributed by atoms with Crippen LogP contribution in [0.1, 0.15) is 0 Å². The van der Waals surface area contributed by atoms with Crippen molar-refractivity contribution < 1.29 is 14.0 Å². The molecule has 20 heavy (non-hydrogen) atoms. The van der Waals surface area contributed by atoms with Crippen molar-refractivity contribution in [3.8, 4) is 11.7 Å². The Kier molecular flexibility index (Phi) is 2.89. The van der Waals surface area contributed by atoms with Crippen LogP contribution >= 0.6 is 6.26 Å². The molecule has 2 saturated heterocycles. The van der Waals surface area contributed by atoms with Crippen LogP contribution in [0.25, 0.3) is 5.69 Å². The maximum absolute atomic E-state index is 5.88. The zero-order valence-electron chi connectivity index (χ0n) is 10.5. The van der Waals surface area contributed by atoms with Gasteiger partial charge in [0.1, 0.15) is 18.0 Å². The minimum absolute atomic E-state index is 0.00586. The molecule has 0 radical (unpaired) electrons. The third-order valence-electron chi connectivity index (χ3n) is 3.15. The predicted molar refractivity (Wildman–Crippen MR) is 75.8 cm³/mol. The Morgan fingerprint density at radius 3 is 2.45 bits per heavy atom. The lowest BCUT2D eigenvalue weighted by molar-refractivity contribution is 0.416. The molecule has 1 aromatic heterocycles. The number of nitrogens with zero attached hydrogens (tertiary/aromatic N) is 3. The first-order chi connectivity index (χ1) is 9.75. The van der Waals surface area contributed by atoms with Crippen LogP contribution in [0.2, 0.25) is 0 Å². The number of benzene rings is 1. The van der Waals surface area contributed by atoms with Crippen LogP contribution in [-0.2, 0) is 21.3 Å². The van der Waals surface area contributed by atoms with Crippen molar-refractivity contribution in [2.45, 2.75) is 11.7 Å². The topological polar surface area (TPSA) is 65.0 Å². The molecule has 0 bridgehead atoms. The Bertz CT molecular complexity index is 654. The monoisotopic (exact) mass is 309 g/mol. The molecular weight excluding hydrogens is 297 g/mol. The average Bonchev–Trinajstić information content (AvgIpc) is 3.37. The first-order valence-electron chi connectivity index (χ1n) is 6.25. The fraction of sp³-hybridized carbons (Fsp3) is 0.333. The largest absolute Gasteiger partial charge is 0.428 e. The lowest BCUT2D eigenvalue weighted by Gasteiger charge is -2.16. The molecule has 2 fully saturated rings. The molecular formula is C12H12N3O3PS. The summed E-state index contributed by atoms with van der Waals surface area (Å²) in [6, 6.07) is 10.0. The summed E-state index contributed by atoms with van der Waals surface area (Å²) >= 11 is 5.63. The van der Waals surface area contributed by atoms with E-state index < -0.39 is 6.26 Å². The summed E-state index contributed by atoms with van der Waals surface area (Å²) in [6.45, 7) is 1.30. The smallest absolute Gasteiger partial charge is 0.339 e. The molecule has 0 aliphatic carbocycles. The van der Waals surface area contributed by atoms with Gasteiger partial charge in [-0.1, -0.05) is 18.2 Å². The van der Waals surface area contributed by atoms with Gasteiger partial charge in [-0.05, 0) is 23.9 Å². The molecule has 2 atom stereocenters. The molecule has 1 aromatic carbocycles. The molecule has 0 saturated carbocycles. The Morgan fingerprint density at radius 1 is 1.20 bits per heavy atom. The summed E-state index contributed by atoms with van der Waals surface area (Å²) in [4.78, 5) is 4.18. The highest BCUT2D eigenvalue weighted by atomic mass is 32.4. The molecule has 2 aliphatic heterocycles. The van der Waals surface area contributed by atoms with Crippen LogP contribution in [0.5, 0.6) is 6.01 Å². The van der Waals surface area contributed by atoms with Crippen LogP contribution in [0.3, 0.4) is 0 Å². The molecule has 3 heterocycles. The molecule has 0 amide bonds. The average molecular weight is 309 g/mol. The normalized spacial score (nSPS) is 26.8. The molecule has 0 spiro atoms. The third-order valence-corrected chi connectivity index (χ3v) is 7.44. The van der Waals surface area contributed by atoms with Gasteiger partial charge in [-0.25, -0.2) is 4.68 Å². The Hall–Kier alpha value is -1.27. The Labute approximate surface area is 120 Å². The van der Waals surface area contributed by atoms with Gasteiger partial charge in [0.25, 0.3) is 0 Å². The zero-order valence-corrected chi connectivity index (χ0v) is 12.2. The van der Waals surface area contributed by atoms with Gasteiger partial charge in [-0.15, -0.1) is 5.10 Å². The van der Waals surface area contributed by atoms with Crippen molar-refractivity contribution in [1.82, 2.24) is 14.8 Å². The third kappa shape index (κ3) is 2.27. The first kappa shape index (κ1) is 12.5. The quantitative estimate of drug-likeness (QED) is 0.619. The van der Waals surface area contributed by atoms with Crippen LogP contribution in [0.4, 0.5) is 0 Å². The summed E-state index contributed by atoms with van der Waals surface area (Å²) in [5, 5.41) is 4.32. The van der Waals surface area contributed by atoms with E-state index in [-0.39, 0.29) is 11.7 Å². The van der Waals surface area contributed by atoms with Crippen molar-refractivity contribution in [1.29, 1.82) is 0 Å². The number of rotatable bonds is 5. The Balaban J connectivity index is 1.58. The van der Waals surface area contributed by atoms with Gasteiger partial charge in [0.05, 0.1) is 18.9 Å². The minimum Gasteiger partial charge on any atom is -0.428 e. The van der Waals surface area contributed by atoms with E-state index in [4.69, 9.17) is 25.8 Å². The lowest BCUT2D eigenvalue weighted by Crippen LogP contribution is -2.06. The van der Waals surface area contributed by atoms with E-state index in [9.17, 15) is 0 Å². The number of ether oxygens (including phenoxy) is 2. The van der Waals surface area contributed by atoms with Gasteiger partial charge in [-0.2, -0.15) is 4.98 Å². The first-order valence-corrected chi connectivity index (χ1v) is 9.11. The second-order valence-corrected chi connectivity index (χ2v) is 8.96. The standard InChI is InChI=1S/C12H12N3O3PS/c20-19(10-6-16-10,11-7-17-11)18-12-13-8-15(14-12)9-4-2-1-3-5-9/h1-5,8,10-11H,6-7H2. The van der Waals surface area contributed by atoms with E-state index in [1.165, 1.54) is 0 Å². The number of epoxide rings is 2. The van der Waals surface area contributed by atoms with Crippen LogP contribution in [0.15, 0.2) is 36.7 Å². The summed E-state index contributed by atoms with van der Waals surface area (Å²) < 4.78 is 18.2.